The van der Waals surface area contributed by atoms with Crippen LogP contribution in [0.3, 0.4) is 0 Å². The standard InChI is InChI=1S/C37H38ClN5O5S2/c1-21-33(34-29(38)13-11-27-28(12-14-32(45)47-5)36(37(46)48-6)41(2)35(27)34)30(40-42(21)3)20-49-18-23-16-24(43(4)39-23)19-50-25-15-22-9-7-8-10-26(22)31(44)17-25/h7-11,13,15-17,44H,12,14,18-20H2,1-6H3. The first-order chi connectivity index (χ1) is 24.0. The van der Waals surface area contributed by atoms with E-state index in [2.05, 4.69) is 12.1 Å². The van der Waals surface area contributed by atoms with Gasteiger partial charge in [-0.1, -0.05) is 41.9 Å². The van der Waals surface area contributed by atoms with Crippen molar-refractivity contribution in [1.29, 1.82) is 0 Å². The molecule has 50 heavy (non-hydrogen) atoms. The molecule has 0 saturated carbocycles. The molecule has 0 saturated heterocycles. The van der Waals surface area contributed by atoms with Gasteiger partial charge in [0.2, 0.25) is 0 Å². The molecule has 0 aliphatic carbocycles. The summed E-state index contributed by atoms with van der Waals surface area (Å²) in [5.74, 6) is 1.42. The van der Waals surface area contributed by atoms with Crippen molar-refractivity contribution in [1.82, 2.24) is 24.1 Å². The van der Waals surface area contributed by atoms with Crippen LogP contribution in [0.4, 0.5) is 0 Å². The monoisotopic (exact) mass is 731 g/mol. The smallest absolute Gasteiger partial charge is 0.354 e. The fraction of sp³-hybridized carbons (Fsp3) is 0.297. The van der Waals surface area contributed by atoms with Crippen LogP contribution in [-0.2, 0) is 59.1 Å². The van der Waals surface area contributed by atoms with Crippen molar-refractivity contribution < 1.29 is 24.2 Å². The van der Waals surface area contributed by atoms with Gasteiger partial charge in [-0.3, -0.25) is 14.2 Å². The molecule has 3 aromatic carbocycles. The number of rotatable bonds is 12. The third-order valence-electron chi connectivity index (χ3n) is 8.97. The molecular formula is C37H38ClN5O5S2. The molecule has 0 aliphatic rings. The Bertz CT molecular complexity index is 2260. The number of carbonyl (C=O) groups is 2. The number of methoxy groups -OCH3 is 2. The van der Waals surface area contributed by atoms with Crippen molar-refractivity contribution in [3.8, 4) is 16.9 Å². The Morgan fingerprint density at radius 1 is 0.900 bits per heavy atom. The number of hydrogen-bond acceptors (Lipinski definition) is 9. The summed E-state index contributed by atoms with van der Waals surface area (Å²) in [6, 6.07) is 17.6. The third kappa shape index (κ3) is 6.84. The van der Waals surface area contributed by atoms with E-state index in [0.29, 0.717) is 40.0 Å². The minimum atomic E-state index is -0.493. The van der Waals surface area contributed by atoms with Gasteiger partial charge in [0.05, 0.1) is 36.1 Å². The van der Waals surface area contributed by atoms with E-state index in [0.717, 1.165) is 60.5 Å². The fourth-order valence-electron chi connectivity index (χ4n) is 6.41. The van der Waals surface area contributed by atoms with Crippen LogP contribution < -0.4 is 0 Å². The highest BCUT2D eigenvalue weighted by Gasteiger charge is 2.28. The van der Waals surface area contributed by atoms with Gasteiger partial charge >= 0.3 is 11.9 Å². The fourth-order valence-corrected chi connectivity index (χ4v) is 8.50. The molecule has 10 nitrogen and oxygen atoms in total. The second-order valence-corrected chi connectivity index (χ2v) is 14.4. The van der Waals surface area contributed by atoms with Crippen LogP contribution in [0.5, 0.6) is 5.75 Å². The molecule has 6 rings (SSSR count). The van der Waals surface area contributed by atoms with Crippen LogP contribution >= 0.6 is 35.1 Å². The molecular weight excluding hydrogens is 694 g/mol. The van der Waals surface area contributed by atoms with Crippen LogP contribution in [0, 0.1) is 6.92 Å². The van der Waals surface area contributed by atoms with Crippen LogP contribution in [0.1, 0.15) is 45.2 Å². The molecule has 3 heterocycles. The molecule has 3 aromatic heterocycles. The second-order valence-electron chi connectivity index (χ2n) is 12.0. The second kappa shape index (κ2) is 14.8. The lowest BCUT2D eigenvalue weighted by atomic mass is 9.98. The number of nitrogens with zero attached hydrogens (tertiary/aromatic N) is 5. The summed E-state index contributed by atoms with van der Waals surface area (Å²) in [6.45, 7) is 2.01. The maximum absolute atomic E-state index is 13.1. The van der Waals surface area contributed by atoms with Crippen LogP contribution in [0.2, 0.25) is 5.02 Å². The normalized spacial score (nSPS) is 11.5. The minimum Gasteiger partial charge on any atom is -0.507 e. The number of halogens is 1. The highest BCUT2D eigenvalue weighted by molar-refractivity contribution is 7.98. The first-order valence-corrected chi connectivity index (χ1v) is 18.5. The molecule has 260 valence electrons. The Morgan fingerprint density at radius 2 is 1.68 bits per heavy atom. The SMILES string of the molecule is COC(=O)CCc1c(C(=O)OC)n(C)c2c(-c3c(CSCc4cc(CSc5cc(O)c6ccccc6c5)n(C)n4)nn(C)c3C)c(Cl)ccc12. The average molecular weight is 732 g/mol. The van der Waals surface area contributed by atoms with Gasteiger partial charge in [-0.15, -0.1) is 23.5 Å². The van der Waals surface area contributed by atoms with Crippen molar-refractivity contribution in [2.45, 2.75) is 41.9 Å². The van der Waals surface area contributed by atoms with Crippen molar-refractivity contribution in [2.75, 3.05) is 14.2 Å². The van der Waals surface area contributed by atoms with Gasteiger partial charge < -0.3 is 19.1 Å². The van der Waals surface area contributed by atoms with Gasteiger partial charge in [0, 0.05) is 83.0 Å². The van der Waals surface area contributed by atoms with E-state index in [-0.39, 0.29) is 18.1 Å². The van der Waals surface area contributed by atoms with Gasteiger partial charge in [-0.25, -0.2) is 4.79 Å². The maximum Gasteiger partial charge on any atom is 0.354 e. The van der Waals surface area contributed by atoms with Gasteiger partial charge in [0.1, 0.15) is 11.4 Å². The zero-order valence-electron chi connectivity index (χ0n) is 28.7. The molecule has 0 radical (unpaired) electrons. The van der Waals surface area contributed by atoms with Gasteiger partial charge in [0.15, 0.2) is 0 Å². The molecule has 13 heteroatoms. The number of phenols is 1. The summed E-state index contributed by atoms with van der Waals surface area (Å²) >= 11 is 10.3. The van der Waals surface area contributed by atoms with Crippen LogP contribution in [-0.4, -0.2) is 55.4 Å². The summed E-state index contributed by atoms with van der Waals surface area (Å²) in [4.78, 5) is 26.1. The number of ether oxygens (including phenoxy) is 2. The molecule has 0 aliphatic heterocycles. The average Bonchev–Trinajstić information content (AvgIpc) is 3.71. The lowest BCUT2D eigenvalue weighted by Crippen LogP contribution is -2.11. The molecule has 0 atom stereocenters. The molecule has 1 N–H and O–H groups in total. The molecule has 6 aromatic rings. The lowest BCUT2D eigenvalue weighted by molar-refractivity contribution is -0.140. The van der Waals surface area contributed by atoms with Gasteiger partial charge in [-0.2, -0.15) is 10.2 Å². The van der Waals surface area contributed by atoms with E-state index >= 15 is 0 Å². The van der Waals surface area contributed by atoms with Crippen molar-refractivity contribution in [3.05, 3.63) is 93.7 Å². The number of phenolic OH excluding ortho intramolecular Hbond substituents is 1. The van der Waals surface area contributed by atoms with E-state index in [1.54, 1.807) is 23.5 Å². The zero-order valence-corrected chi connectivity index (χ0v) is 31.1. The maximum atomic E-state index is 13.1. The number of aryl methyl sites for hydroxylation is 4. The minimum absolute atomic E-state index is 0.117. The number of fused-ring (bicyclic) bond motifs is 2. The van der Waals surface area contributed by atoms with E-state index in [1.807, 2.05) is 84.5 Å². The van der Waals surface area contributed by atoms with Crippen molar-refractivity contribution in [2.24, 2.45) is 21.1 Å². The van der Waals surface area contributed by atoms with Crippen LogP contribution in [0.15, 0.2) is 59.5 Å². The summed E-state index contributed by atoms with van der Waals surface area (Å²) in [7, 11) is 8.37. The number of benzene rings is 3. The lowest BCUT2D eigenvalue weighted by Gasteiger charge is -2.11. The number of thioether (sulfide) groups is 2. The number of carbonyl (C=O) groups excluding carboxylic acids is 2. The van der Waals surface area contributed by atoms with Crippen LogP contribution in [0.25, 0.3) is 32.8 Å². The molecule has 0 fully saturated rings. The Kier molecular flexibility index (Phi) is 10.5. The van der Waals surface area contributed by atoms with E-state index in [1.165, 1.54) is 14.2 Å². The molecule has 0 amide bonds. The van der Waals surface area contributed by atoms with Crippen molar-refractivity contribution in [3.63, 3.8) is 0 Å². The largest absolute Gasteiger partial charge is 0.507 e. The van der Waals surface area contributed by atoms with Gasteiger partial charge in [0.25, 0.3) is 0 Å². The highest BCUT2D eigenvalue weighted by Crippen LogP contribution is 2.43. The van der Waals surface area contributed by atoms with E-state index in [4.69, 9.17) is 31.3 Å². The third-order valence-corrected chi connectivity index (χ3v) is 11.3. The summed E-state index contributed by atoms with van der Waals surface area (Å²) in [5, 5.41) is 23.4. The number of aromatic hydroxyl groups is 1. The molecule has 0 spiro atoms. The van der Waals surface area contributed by atoms with E-state index < -0.39 is 5.97 Å². The summed E-state index contributed by atoms with van der Waals surface area (Å²) < 4.78 is 15.6. The summed E-state index contributed by atoms with van der Waals surface area (Å²) in [6.07, 6.45) is 0.423. The first-order valence-electron chi connectivity index (χ1n) is 15.9. The number of aromatic nitrogens is 5. The topological polar surface area (TPSA) is 113 Å². The zero-order chi connectivity index (χ0) is 35.7. The number of esters is 2. The highest BCUT2D eigenvalue weighted by atomic mass is 35.5. The molecule has 0 bridgehead atoms. The Balaban J connectivity index is 1.25. The molecule has 0 unspecified atom stereocenters. The Labute approximate surface area is 303 Å². The van der Waals surface area contributed by atoms with Crippen molar-refractivity contribution >= 4 is 68.7 Å². The Morgan fingerprint density at radius 3 is 2.44 bits per heavy atom. The predicted molar refractivity (Wildman–Crippen MR) is 200 cm³/mol. The quantitative estimate of drug-likeness (QED) is 0.0997. The predicted octanol–water partition coefficient (Wildman–Crippen LogP) is 7.75. The Hall–Kier alpha value is -4.39. The summed E-state index contributed by atoms with van der Waals surface area (Å²) in [5.41, 5.74) is 7.37. The van der Waals surface area contributed by atoms with Gasteiger partial charge in [-0.05, 0) is 48.6 Å². The van der Waals surface area contributed by atoms with E-state index in [9.17, 15) is 14.7 Å². The first kappa shape index (κ1) is 35.4. The number of hydrogen-bond donors (Lipinski definition) is 1.